The Morgan fingerprint density at radius 1 is 0.900 bits per heavy atom. The van der Waals surface area contributed by atoms with Gasteiger partial charge in [0.05, 0.1) is 18.1 Å². The van der Waals surface area contributed by atoms with Crippen molar-refractivity contribution in [3.05, 3.63) is 70.8 Å². The quantitative estimate of drug-likeness (QED) is 0.300. The number of nitrogens with zero attached hydrogens (tertiary/aromatic N) is 1. The topological polar surface area (TPSA) is 102 Å². The first-order valence-corrected chi connectivity index (χ1v) is 14.2. The third kappa shape index (κ3) is 9.08. The minimum Gasteiger partial charge on any atom is -0.390 e. The van der Waals surface area contributed by atoms with E-state index in [-0.39, 0.29) is 23.8 Å². The summed E-state index contributed by atoms with van der Waals surface area (Å²) in [5, 5.41) is 28.0. The Hall–Kier alpha value is -2.88. The van der Waals surface area contributed by atoms with Gasteiger partial charge < -0.3 is 20.8 Å². The number of hydrogen-bond acceptors (Lipinski definition) is 5. The largest absolute Gasteiger partial charge is 0.390 e. The molecular formula is C31H43F2N3O4. The molecule has 0 radical (unpaired) electrons. The van der Waals surface area contributed by atoms with Crippen LogP contribution in [0.3, 0.4) is 0 Å². The van der Waals surface area contributed by atoms with Crippen LogP contribution in [0.1, 0.15) is 62.0 Å². The lowest BCUT2D eigenvalue weighted by molar-refractivity contribution is -0.135. The first-order valence-electron chi connectivity index (χ1n) is 14.2. The van der Waals surface area contributed by atoms with Crippen LogP contribution in [0.5, 0.6) is 0 Å². The van der Waals surface area contributed by atoms with Crippen LogP contribution in [-0.4, -0.2) is 64.8 Å². The van der Waals surface area contributed by atoms with Gasteiger partial charge in [-0.15, -0.1) is 0 Å². The molecule has 40 heavy (non-hydrogen) atoms. The van der Waals surface area contributed by atoms with Gasteiger partial charge >= 0.3 is 0 Å². The number of carbonyl (C=O) groups is 2. The zero-order chi connectivity index (χ0) is 29.4. The van der Waals surface area contributed by atoms with E-state index < -0.39 is 47.6 Å². The molecule has 2 aromatic carbocycles. The van der Waals surface area contributed by atoms with Crippen molar-refractivity contribution in [2.24, 2.45) is 17.8 Å². The van der Waals surface area contributed by atoms with Crippen LogP contribution in [0, 0.1) is 29.4 Å². The number of halogens is 2. The van der Waals surface area contributed by atoms with Gasteiger partial charge in [-0.05, 0) is 79.6 Å². The molecule has 0 unspecified atom stereocenters. The molecule has 1 heterocycles. The van der Waals surface area contributed by atoms with Gasteiger partial charge in [0.2, 0.25) is 5.91 Å². The van der Waals surface area contributed by atoms with Crippen molar-refractivity contribution in [1.29, 1.82) is 0 Å². The highest BCUT2D eigenvalue weighted by molar-refractivity contribution is 5.94. The molecule has 7 nitrogen and oxygen atoms in total. The van der Waals surface area contributed by atoms with Gasteiger partial charge in [0.25, 0.3) is 5.91 Å². The lowest BCUT2D eigenvalue weighted by Crippen LogP contribution is -2.55. The summed E-state index contributed by atoms with van der Waals surface area (Å²) in [6.45, 7) is 10.7. The summed E-state index contributed by atoms with van der Waals surface area (Å²) in [7, 11) is 0. The van der Waals surface area contributed by atoms with Crippen LogP contribution in [-0.2, 0) is 17.8 Å². The highest BCUT2D eigenvalue weighted by atomic mass is 19.1. The van der Waals surface area contributed by atoms with Crippen LogP contribution < -0.4 is 10.6 Å². The minimum atomic E-state index is -1.60. The van der Waals surface area contributed by atoms with E-state index in [1.807, 2.05) is 26.0 Å². The molecule has 9 heteroatoms. The molecular weight excluding hydrogens is 516 g/mol. The molecule has 1 aliphatic heterocycles. The fourth-order valence-electron chi connectivity index (χ4n) is 5.18. The lowest BCUT2D eigenvalue weighted by Gasteiger charge is -2.33. The molecule has 0 bridgehead atoms. The Labute approximate surface area is 236 Å². The monoisotopic (exact) mass is 559 g/mol. The number of aliphatic hydroxyl groups is 2. The Morgan fingerprint density at radius 2 is 1.50 bits per heavy atom. The van der Waals surface area contributed by atoms with Crippen LogP contribution in [0.4, 0.5) is 8.78 Å². The number of likely N-dealkylation sites (tertiary alicyclic amines) is 1. The van der Waals surface area contributed by atoms with Gasteiger partial charge in [-0.1, -0.05) is 39.8 Å². The normalized spacial score (nSPS) is 17.1. The lowest BCUT2D eigenvalue weighted by atomic mass is 9.83. The summed E-state index contributed by atoms with van der Waals surface area (Å²) < 4.78 is 27.9. The van der Waals surface area contributed by atoms with E-state index in [4.69, 9.17) is 0 Å². The van der Waals surface area contributed by atoms with Gasteiger partial charge in [0.1, 0.15) is 17.7 Å². The van der Waals surface area contributed by atoms with Crippen LogP contribution >= 0.6 is 0 Å². The number of nitrogens with one attached hydrogen (secondary N) is 2. The van der Waals surface area contributed by atoms with Crippen molar-refractivity contribution in [2.45, 2.75) is 71.8 Å². The fraction of sp³-hybridized carbons (Fsp3) is 0.548. The highest BCUT2D eigenvalue weighted by Crippen LogP contribution is 2.23. The molecule has 0 aliphatic carbocycles. The predicted molar refractivity (Wildman–Crippen MR) is 150 cm³/mol. The predicted octanol–water partition coefficient (Wildman–Crippen LogP) is 3.67. The summed E-state index contributed by atoms with van der Waals surface area (Å²) in [5.74, 6) is -3.62. The zero-order valence-electron chi connectivity index (χ0n) is 23.9. The molecule has 1 fully saturated rings. The fourth-order valence-corrected chi connectivity index (χ4v) is 5.18. The van der Waals surface area contributed by atoms with Crippen molar-refractivity contribution in [2.75, 3.05) is 19.6 Å². The molecule has 2 aromatic rings. The van der Waals surface area contributed by atoms with Crippen LogP contribution in [0.25, 0.3) is 0 Å². The molecule has 4 N–H and O–H groups in total. The van der Waals surface area contributed by atoms with E-state index >= 15 is 0 Å². The molecule has 0 saturated carbocycles. The SMILES string of the molecule is CC(C)CNC(=O)[C@H](C(C)C)[C@@H](O)[C@H](O)[C@H](Cc1cc(F)cc(F)c1)NC(=O)c1ccc(CN2CCCC2)cc1. The van der Waals surface area contributed by atoms with E-state index in [0.717, 1.165) is 43.4 Å². The Kier molecular flexibility index (Phi) is 11.6. The maximum absolute atomic E-state index is 13.9. The van der Waals surface area contributed by atoms with Gasteiger partial charge in [0.15, 0.2) is 0 Å². The van der Waals surface area contributed by atoms with E-state index in [9.17, 15) is 28.6 Å². The molecule has 1 saturated heterocycles. The van der Waals surface area contributed by atoms with Gasteiger partial charge in [0, 0.05) is 24.7 Å². The molecule has 2 amide bonds. The van der Waals surface area contributed by atoms with Crippen LogP contribution in [0.15, 0.2) is 42.5 Å². The number of hydrogen-bond donors (Lipinski definition) is 4. The first kappa shape index (κ1) is 31.6. The molecule has 220 valence electrons. The summed E-state index contributed by atoms with van der Waals surface area (Å²) in [4.78, 5) is 28.5. The molecule has 0 aromatic heterocycles. The minimum absolute atomic E-state index is 0.163. The van der Waals surface area contributed by atoms with Crippen LogP contribution in [0.2, 0.25) is 0 Å². The van der Waals surface area contributed by atoms with E-state index in [2.05, 4.69) is 15.5 Å². The van der Waals surface area contributed by atoms with Crippen molar-refractivity contribution >= 4 is 11.8 Å². The molecule has 1 aliphatic rings. The Morgan fingerprint density at radius 3 is 2.05 bits per heavy atom. The number of amides is 2. The number of rotatable bonds is 13. The molecule has 3 rings (SSSR count). The van der Waals surface area contributed by atoms with Gasteiger partial charge in [-0.2, -0.15) is 0 Å². The first-order chi connectivity index (χ1) is 18.9. The van der Waals surface area contributed by atoms with Gasteiger partial charge in [-0.25, -0.2) is 8.78 Å². The smallest absolute Gasteiger partial charge is 0.251 e. The summed E-state index contributed by atoms with van der Waals surface area (Å²) in [6, 6.07) is 8.98. The maximum atomic E-state index is 13.9. The highest BCUT2D eigenvalue weighted by Gasteiger charge is 2.38. The second-order valence-electron chi connectivity index (χ2n) is 11.6. The zero-order valence-corrected chi connectivity index (χ0v) is 23.9. The Bertz CT molecular complexity index is 1100. The number of benzene rings is 2. The third-order valence-electron chi connectivity index (χ3n) is 7.35. The average molecular weight is 560 g/mol. The van der Waals surface area contributed by atoms with E-state index in [1.165, 1.54) is 12.8 Å². The summed E-state index contributed by atoms with van der Waals surface area (Å²) >= 11 is 0. The summed E-state index contributed by atoms with van der Waals surface area (Å²) in [6.07, 6.45) is -0.935. The number of carbonyl (C=O) groups excluding carboxylic acids is 2. The standard InChI is InChI=1S/C31H43F2N3O4/c1-19(2)17-34-31(40)27(20(3)4)29(38)28(37)26(15-22-13-24(32)16-25(33)14-22)35-30(39)23-9-7-21(8-10-23)18-36-11-5-6-12-36/h7-10,13-14,16,19-20,26-29,37-38H,5-6,11-12,15,17-18H2,1-4H3,(H,34,40)(H,35,39)/t26-,27+,28+,29+/m0/s1. The molecule has 4 atom stereocenters. The molecule has 0 spiro atoms. The Balaban J connectivity index is 1.81. The average Bonchev–Trinajstić information content (AvgIpc) is 3.39. The van der Waals surface area contributed by atoms with Gasteiger partial charge in [-0.3, -0.25) is 14.5 Å². The van der Waals surface area contributed by atoms with E-state index in [1.54, 1.807) is 26.0 Å². The summed E-state index contributed by atoms with van der Waals surface area (Å²) in [5.41, 5.74) is 1.62. The maximum Gasteiger partial charge on any atom is 0.251 e. The van der Waals surface area contributed by atoms with E-state index in [0.29, 0.717) is 12.1 Å². The second kappa shape index (κ2) is 14.7. The van der Waals surface area contributed by atoms with Crippen molar-refractivity contribution in [3.8, 4) is 0 Å². The third-order valence-corrected chi connectivity index (χ3v) is 7.35. The number of aliphatic hydroxyl groups excluding tert-OH is 2. The second-order valence-corrected chi connectivity index (χ2v) is 11.6. The van der Waals surface area contributed by atoms with Crippen molar-refractivity contribution < 1.29 is 28.6 Å². The van der Waals surface area contributed by atoms with Crippen molar-refractivity contribution in [1.82, 2.24) is 15.5 Å². The van der Waals surface area contributed by atoms with Crippen molar-refractivity contribution in [3.63, 3.8) is 0 Å².